The van der Waals surface area contributed by atoms with Crippen LogP contribution in [0, 0.1) is 0 Å². The first-order chi connectivity index (χ1) is 12.3. The smallest absolute Gasteiger partial charge is 0.240 e. The van der Waals surface area contributed by atoms with Gasteiger partial charge in [0.05, 0.1) is 19.7 Å². The number of nitrogens with one attached hydrogen (secondary N) is 1. The molecule has 2 aliphatic rings. The molecular formula is C19H26N4O2. The third-order valence-electron chi connectivity index (χ3n) is 5.12. The van der Waals surface area contributed by atoms with Gasteiger partial charge in [0.25, 0.3) is 0 Å². The van der Waals surface area contributed by atoms with Gasteiger partial charge >= 0.3 is 0 Å². The summed E-state index contributed by atoms with van der Waals surface area (Å²) in [6.07, 6.45) is 4.91. The lowest BCUT2D eigenvalue weighted by Crippen LogP contribution is -2.34. The molecule has 1 aromatic carbocycles. The maximum atomic E-state index is 5.59. The van der Waals surface area contributed by atoms with Crippen LogP contribution in [0.5, 0.6) is 5.75 Å². The second kappa shape index (κ2) is 7.54. The quantitative estimate of drug-likeness (QED) is 0.796. The first-order valence-corrected chi connectivity index (χ1v) is 9.25. The molecule has 0 radical (unpaired) electrons. The monoisotopic (exact) mass is 342 g/mol. The van der Waals surface area contributed by atoms with E-state index in [4.69, 9.17) is 9.26 Å². The van der Waals surface area contributed by atoms with Crippen LogP contribution in [0.1, 0.15) is 54.9 Å². The number of methoxy groups -OCH3 is 1. The molecule has 134 valence electrons. The lowest BCUT2D eigenvalue weighted by Gasteiger charge is -2.29. The van der Waals surface area contributed by atoms with E-state index in [0.29, 0.717) is 24.4 Å². The molecule has 1 saturated heterocycles. The molecule has 2 heterocycles. The van der Waals surface area contributed by atoms with Crippen molar-refractivity contribution in [2.24, 2.45) is 0 Å². The number of para-hydroxylation sites is 1. The van der Waals surface area contributed by atoms with Crippen molar-refractivity contribution < 1.29 is 9.26 Å². The van der Waals surface area contributed by atoms with Gasteiger partial charge in [-0.25, -0.2) is 0 Å². The summed E-state index contributed by atoms with van der Waals surface area (Å²) in [5.74, 6) is 3.04. The fraction of sp³-hybridized carbons (Fsp3) is 0.579. The summed E-state index contributed by atoms with van der Waals surface area (Å²) >= 11 is 0. The summed E-state index contributed by atoms with van der Waals surface area (Å²) in [4.78, 5) is 7.03. The molecule has 0 bridgehead atoms. The Bertz CT molecular complexity index is 692. The maximum absolute atomic E-state index is 5.59. The third-order valence-corrected chi connectivity index (χ3v) is 5.12. The van der Waals surface area contributed by atoms with Gasteiger partial charge in [-0.3, -0.25) is 4.90 Å². The van der Waals surface area contributed by atoms with E-state index in [-0.39, 0.29) is 0 Å². The van der Waals surface area contributed by atoms with Crippen molar-refractivity contribution in [1.29, 1.82) is 0 Å². The van der Waals surface area contributed by atoms with E-state index in [0.717, 1.165) is 31.2 Å². The molecule has 1 unspecified atom stereocenters. The molecule has 6 nitrogen and oxygen atoms in total. The Balaban J connectivity index is 1.42. The Kier molecular flexibility index (Phi) is 4.99. The number of hydrogen-bond donors (Lipinski definition) is 1. The van der Waals surface area contributed by atoms with Gasteiger partial charge in [-0.1, -0.05) is 23.4 Å². The van der Waals surface area contributed by atoms with E-state index >= 15 is 0 Å². The van der Waals surface area contributed by atoms with E-state index < -0.39 is 0 Å². The molecule has 1 saturated carbocycles. The number of hydrogen-bond acceptors (Lipinski definition) is 6. The zero-order valence-electron chi connectivity index (χ0n) is 14.8. The van der Waals surface area contributed by atoms with E-state index in [1.807, 2.05) is 12.1 Å². The highest BCUT2D eigenvalue weighted by Gasteiger charge is 2.29. The molecule has 1 aliphatic heterocycles. The highest BCUT2D eigenvalue weighted by Crippen LogP contribution is 2.38. The maximum Gasteiger partial charge on any atom is 0.240 e. The molecule has 4 rings (SSSR count). The molecule has 1 aromatic heterocycles. The van der Waals surface area contributed by atoms with Gasteiger partial charge in [0.15, 0.2) is 5.82 Å². The standard InChI is InChI=1S/C19H26N4O2/c1-24-17-7-3-2-6-15(17)16(23-10-4-5-11-23)12-20-13-18-21-19(22-25-18)14-8-9-14/h2-3,6-7,14,16,20H,4-5,8-13H2,1H3. The van der Waals surface area contributed by atoms with Crippen molar-refractivity contribution in [3.8, 4) is 5.75 Å². The summed E-state index contributed by atoms with van der Waals surface area (Å²) in [7, 11) is 1.74. The van der Waals surface area contributed by atoms with Gasteiger partial charge in [0.1, 0.15) is 5.75 Å². The van der Waals surface area contributed by atoms with Gasteiger partial charge in [-0.15, -0.1) is 0 Å². The first-order valence-electron chi connectivity index (χ1n) is 9.25. The summed E-state index contributed by atoms with van der Waals surface area (Å²) < 4.78 is 11.0. The third kappa shape index (κ3) is 3.85. The van der Waals surface area contributed by atoms with E-state index in [2.05, 4.69) is 32.5 Å². The molecule has 1 aliphatic carbocycles. The average molecular weight is 342 g/mol. The largest absolute Gasteiger partial charge is 0.496 e. The zero-order valence-corrected chi connectivity index (χ0v) is 14.8. The fourth-order valence-corrected chi connectivity index (χ4v) is 3.59. The predicted molar refractivity (Wildman–Crippen MR) is 94.5 cm³/mol. The Hall–Kier alpha value is -1.92. The minimum Gasteiger partial charge on any atom is -0.496 e. The Morgan fingerprint density at radius 1 is 1.28 bits per heavy atom. The number of rotatable bonds is 8. The van der Waals surface area contributed by atoms with Gasteiger partial charge in [0.2, 0.25) is 5.89 Å². The molecule has 2 fully saturated rings. The van der Waals surface area contributed by atoms with Crippen LogP contribution in [0.4, 0.5) is 0 Å². The van der Waals surface area contributed by atoms with Crippen molar-refractivity contribution >= 4 is 0 Å². The molecule has 25 heavy (non-hydrogen) atoms. The zero-order chi connectivity index (χ0) is 17.1. The normalized spacial score (nSPS) is 19.2. The van der Waals surface area contributed by atoms with Crippen molar-refractivity contribution in [3.05, 3.63) is 41.5 Å². The van der Waals surface area contributed by atoms with Crippen LogP contribution in [0.2, 0.25) is 0 Å². The van der Waals surface area contributed by atoms with Crippen LogP contribution in [-0.2, 0) is 6.54 Å². The highest BCUT2D eigenvalue weighted by atomic mass is 16.5. The van der Waals surface area contributed by atoms with Crippen molar-refractivity contribution in [2.45, 2.75) is 44.2 Å². The number of aromatic nitrogens is 2. The number of likely N-dealkylation sites (tertiary alicyclic amines) is 1. The first kappa shape index (κ1) is 16.5. The molecular weight excluding hydrogens is 316 g/mol. The highest BCUT2D eigenvalue weighted by molar-refractivity contribution is 5.36. The van der Waals surface area contributed by atoms with Crippen molar-refractivity contribution in [2.75, 3.05) is 26.7 Å². The van der Waals surface area contributed by atoms with Gasteiger partial charge in [-0.2, -0.15) is 4.98 Å². The number of ether oxygens (including phenoxy) is 1. The summed E-state index contributed by atoms with van der Waals surface area (Å²) in [6, 6.07) is 8.61. The molecule has 1 atom stereocenters. The van der Waals surface area contributed by atoms with Crippen molar-refractivity contribution in [1.82, 2.24) is 20.4 Å². The van der Waals surface area contributed by atoms with E-state index in [1.165, 1.54) is 31.2 Å². The van der Waals surface area contributed by atoms with Crippen molar-refractivity contribution in [3.63, 3.8) is 0 Å². The van der Waals surface area contributed by atoms with E-state index in [1.54, 1.807) is 7.11 Å². The second-order valence-corrected chi connectivity index (χ2v) is 6.95. The molecule has 6 heteroatoms. The topological polar surface area (TPSA) is 63.4 Å². The average Bonchev–Trinajstić information content (AvgIpc) is 3.16. The molecule has 2 aromatic rings. The lowest BCUT2D eigenvalue weighted by molar-refractivity contribution is 0.230. The fourth-order valence-electron chi connectivity index (χ4n) is 3.59. The summed E-state index contributed by atoms with van der Waals surface area (Å²) in [6.45, 7) is 3.72. The Morgan fingerprint density at radius 3 is 2.84 bits per heavy atom. The van der Waals surface area contributed by atoms with Crippen LogP contribution >= 0.6 is 0 Å². The molecule has 0 amide bonds. The SMILES string of the molecule is COc1ccccc1C(CNCc1nc(C2CC2)no1)N1CCCC1. The van der Waals surface area contributed by atoms with Crippen LogP contribution < -0.4 is 10.1 Å². The van der Waals surface area contributed by atoms with Gasteiger partial charge < -0.3 is 14.6 Å². The number of benzene rings is 1. The Labute approximate surface area is 148 Å². The number of nitrogens with zero attached hydrogens (tertiary/aromatic N) is 3. The van der Waals surface area contributed by atoms with Crippen LogP contribution in [0.15, 0.2) is 28.8 Å². The minimum absolute atomic E-state index is 0.296. The van der Waals surface area contributed by atoms with E-state index in [9.17, 15) is 0 Å². The van der Waals surface area contributed by atoms with Crippen LogP contribution in [0.3, 0.4) is 0 Å². The van der Waals surface area contributed by atoms with Crippen LogP contribution in [-0.4, -0.2) is 41.8 Å². The lowest BCUT2D eigenvalue weighted by atomic mass is 10.0. The summed E-state index contributed by atoms with van der Waals surface area (Å²) in [5, 5.41) is 7.59. The minimum atomic E-state index is 0.296. The second-order valence-electron chi connectivity index (χ2n) is 6.95. The predicted octanol–water partition coefficient (Wildman–Crippen LogP) is 2.88. The summed E-state index contributed by atoms with van der Waals surface area (Å²) in [5.41, 5.74) is 1.24. The van der Waals surface area contributed by atoms with Gasteiger partial charge in [0, 0.05) is 18.0 Å². The van der Waals surface area contributed by atoms with Crippen LogP contribution in [0.25, 0.3) is 0 Å². The molecule has 1 N–H and O–H groups in total. The van der Waals surface area contributed by atoms with Gasteiger partial charge in [-0.05, 0) is 44.8 Å². The molecule has 0 spiro atoms. The Morgan fingerprint density at radius 2 is 2.08 bits per heavy atom.